The molecule has 4 nitrogen and oxygen atoms in total. The van der Waals surface area contributed by atoms with E-state index in [1.807, 2.05) is 12.1 Å². The van der Waals surface area contributed by atoms with Crippen molar-refractivity contribution in [1.82, 2.24) is 4.98 Å². The Hall–Kier alpha value is -1.98. The smallest absolute Gasteiger partial charge is 0.495 e. The van der Waals surface area contributed by atoms with E-state index in [0.29, 0.717) is 0 Å². The molecule has 0 aliphatic carbocycles. The Bertz CT molecular complexity index is 958. The molecule has 130 valence electrons. The van der Waals surface area contributed by atoms with Gasteiger partial charge in [0.2, 0.25) is 0 Å². The van der Waals surface area contributed by atoms with E-state index in [2.05, 4.69) is 57.8 Å². The number of hydrogen-bond donors (Lipinski definition) is 1. The first-order valence-electron chi connectivity index (χ1n) is 8.67. The van der Waals surface area contributed by atoms with Crippen molar-refractivity contribution in [2.75, 3.05) is 7.11 Å². The topological polar surface area (TPSA) is 43.5 Å². The molecule has 2 aromatic carbocycles. The summed E-state index contributed by atoms with van der Waals surface area (Å²) in [5.74, 6) is 0.849. The number of aromatic nitrogens is 1. The number of aromatic amines is 1. The van der Waals surface area contributed by atoms with Crippen LogP contribution in [-0.2, 0) is 9.31 Å². The lowest BCUT2D eigenvalue weighted by Crippen LogP contribution is -2.41. The van der Waals surface area contributed by atoms with Gasteiger partial charge < -0.3 is 19.0 Å². The van der Waals surface area contributed by atoms with Crippen LogP contribution in [0.2, 0.25) is 0 Å². The van der Waals surface area contributed by atoms with Gasteiger partial charge in [-0.1, -0.05) is 5.56 Å². The number of rotatable bonds is 2. The molecule has 25 heavy (non-hydrogen) atoms. The molecule has 1 aliphatic rings. The maximum Gasteiger partial charge on any atom is 0.495 e. The molecule has 0 spiro atoms. The van der Waals surface area contributed by atoms with Gasteiger partial charge in [-0.25, -0.2) is 0 Å². The number of fused-ring (bicyclic) bond motifs is 3. The van der Waals surface area contributed by atoms with Crippen LogP contribution < -0.4 is 10.2 Å². The normalized spacial score (nSPS) is 19.0. The Morgan fingerprint density at radius 2 is 1.56 bits per heavy atom. The van der Waals surface area contributed by atoms with E-state index in [1.54, 1.807) is 7.11 Å². The number of ether oxygens (including phenoxy) is 1. The van der Waals surface area contributed by atoms with Crippen molar-refractivity contribution in [2.24, 2.45) is 0 Å². The highest BCUT2D eigenvalue weighted by Gasteiger charge is 2.52. The summed E-state index contributed by atoms with van der Waals surface area (Å²) in [6.07, 6.45) is 0. The summed E-state index contributed by atoms with van der Waals surface area (Å²) < 4.78 is 17.8. The van der Waals surface area contributed by atoms with Crippen LogP contribution in [0.5, 0.6) is 5.75 Å². The summed E-state index contributed by atoms with van der Waals surface area (Å²) in [5.41, 5.74) is 3.71. The summed E-state index contributed by atoms with van der Waals surface area (Å²) in [5, 5.41) is 2.40. The zero-order chi connectivity index (χ0) is 18.0. The predicted molar refractivity (Wildman–Crippen MR) is 103 cm³/mol. The number of H-pyrrole nitrogens is 1. The first-order valence-corrected chi connectivity index (χ1v) is 8.67. The highest BCUT2D eigenvalue weighted by molar-refractivity contribution is 6.63. The molecular formula is C20H24BNO3. The Morgan fingerprint density at radius 1 is 0.920 bits per heavy atom. The predicted octanol–water partition coefficient (Wildman–Crippen LogP) is 3.94. The first-order chi connectivity index (χ1) is 11.7. The molecule has 5 heteroatoms. The fraction of sp³-hybridized carbons (Fsp3) is 0.400. The SMILES string of the molecule is COc1ccc2c(c1)[nH]c1cc(B3OC(C)(C)C(C)(C)O3)c(C)cc12. The van der Waals surface area contributed by atoms with Gasteiger partial charge in [-0.2, -0.15) is 0 Å². The highest BCUT2D eigenvalue weighted by atomic mass is 16.7. The van der Waals surface area contributed by atoms with Gasteiger partial charge in [0.15, 0.2) is 0 Å². The summed E-state index contributed by atoms with van der Waals surface area (Å²) in [4.78, 5) is 3.49. The number of benzene rings is 2. The van der Waals surface area contributed by atoms with Crippen molar-refractivity contribution in [3.05, 3.63) is 35.9 Å². The Morgan fingerprint density at radius 3 is 2.20 bits per heavy atom. The molecule has 0 atom stereocenters. The molecule has 0 saturated carbocycles. The second-order valence-corrected chi connectivity index (χ2v) is 7.88. The van der Waals surface area contributed by atoms with E-state index in [0.717, 1.165) is 22.2 Å². The molecule has 1 N–H and O–H groups in total. The van der Waals surface area contributed by atoms with Crippen molar-refractivity contribution in [1.29, 1.82) is 0 Å². The molecule has 1 aliphatic heterocycles. The minimum atomic E-state index is -0.352. The molecule has 1 fully saturated rings. The van der Waals surface area contributed by atoms with Gasteiger partial charge in [-0.3, -0.25) is 0 Å². The highest BCUT2D eigenvalue weighted by Crippen LogP contribution is 2.37. The molecule has 0 unspecified atom stereocenters. The molecule has 0 amide bonds. The first kappa shape index (κ1) is 16.5. The third-order valence-electron chi connectivity index (χ3n) is 5.70. The largest absolute Gasteiger partial charge is 0.497 e. The van der Waals surface area contributed by atoms with E-state index in [-0.39, 0.29) is 18.3 Å². The van der Waals surface area contributed by atoms with Crippen molar-refractivity contribution in [3.63, 3.8) is 0 Å². The van der Waals surface area contributed by atoms with E-state index in [1.165, 1.54) is 16.3 Å². The van der Waals surface area contributed by atoms with Gasteiger partial charge in [0.1, 0.15) is 5.75 Å². The van der Waals surface area contributed by atoms with Crippen molar-refractivity contribution >= 4 is 34.4 Å². The Kier molecular flexibility index (Phi) is 3.47. The van der Waals surface area contributed by atoms with Gasteiger partial charge in [0.25, 0.3) is 0 Å². The minimum Gasteiger partial charge on any atom is -0.497 e. The molecule has 1 aromatic heterocycles. The Balaban J connectivity index is 1.84. The summed E-state index contributed by atoms with van der Waals surface area (Å²) in [7, 11) is 1.33. The van der Waals surface area contributed by atoms with Crippen LogP contribution in [-0.4, -0.2) is 30.4 Å². The fourth-order valence-electron chi connectivity index (χ4n) is 3.41. The van der Waals surface area contributed by atoms with Gasteiger partial charge in [0.05, 0.1) is 23.8 Å². The number of methoxy groups -OCH3 is 1. The van der Waals surface area contributed by atoms with E-state index in [9.17, 15) is 0 Å². The third kappa shape index (κ3) is 2.45. The zero-order valence-electron chi connectivity index (χ0n) is 15.7. The minimum absolute atomic E-state index is 0.340. The zero-order valence-corrected chi connectivity index (χ0v) is 15.7. The lowest BCUT2D eigenvalue weighted by Gasteiger charge is -2.32. The third-order valence-corrected chi connectivity index (χ3v) is 5.70. The molecule has 0 radical (unpaired) electrons. The summed E-state index contributed by atoms with van der Waals surface area (Å²) >= 11 is 0. The van der Waals surface area contributed by atoms with Gasteiger partial charge in [-0.05, 0) is 64.3 Å². The van der Waals surface area contributed by atoms with Gasteiger partial charge in [-0.15, -0.1) is 0 Å². The van der Waals surface area contributed by atoms with Crippen LogP contribution in [0.3, 0.4) is 0 Å². The van der Waals surface area contributed by atoms with Gasteiger partial charge >= 0.3 is 7.12 Å². The van der Waals surface area contributed by atoms with Crippen molar-refractivity contribution in [3.8, 4) is 5.75 Å². The number of hydrogen-bond acceptors (Lipinski definition) is 3. The van der Waals surface area contributed by atoms with Crippen LogP contribution in [0, 0.1) is 6.92 Å². The molecule has 4 rings (SSSR count). The fourth-order valence-corrected chi connectivity index (χ4v) is 3.41. The second kappa shape index (κ2) is 5.26. The van der Waals surface area contributed by atoms with Crippen LogP contribution >= 0.6 is 0 Å². The van der Waals surface area contributed by atoms with Crippen LogP contribution in [0.4, 0.5) is 0 Å². The number of aryl methyl sites for hydroxylation is 1. The van der Waals surface area contributed by atoms with Crippen molar-refractivity contribution < 1.29 is 14.0 Å². The molecular weight excluding hydrogens is 313 g/mol. The van der Waals surface area contributed by atoms with Crippen molar-refractivity contribution in [2.45, 2.75) is 45.8 Å². The number of nitrogens with one attached hydrogen (secondary N) is 1. The molecule has 3 aromatic rings. The average Bonchev–Trinajstić information content (AvgIpc) is 2.99. The van der Waals surface area contributed by atoms with E-state index < -0.39 is 0 Å². The van der Waals surface area contributed by atoms with E-state index >= 15 is 0 Å². The van der Waals surface area contributed by atoms with Crippen LogP contribution in [0.25, 0.3) is 21.8 Å². The van der Waals surface area contributed by atoms with Crippen LogP contribution in [0.1, 0.15) is 33.3 Å². The molecule has 2 heterocycles. The lowest BCUT2D eigenvalue weighted by molar-refractivity contribution is 0.00578. The molecule has 1 saturated heterocycles. The standard InChI is InChI=1S/C20H24BNO3/c1-12-9-15-14-8-7-13(23-6)10-17(14)22-18(15)11-16(12)21-24-19(2,3)20(4,5)25-21/h7-11,22H,1-6H3. The average molecular weight is 337 g/mol. The van der Waals surface area contributed by atoms with E-state index in [4.69, 9.17) is 14.0 Å². The quantitative estimate of drug-likeness (QED) is 0.721. The maximum atomic E-state index is 6.23. The summed E-state index contributed by atoms with van der Waals surface area (Å²) in [6, 6.07) is 10.5. The monoisotopic (exact) mass is 337 g/mol. The molecule has 0 bridgehead atoms. The second-order valence-electron chi connectivity index (χ2n) is 7.88. The van der Waals surface area contributed by atoms with Gasteiger partial charge in [0, 0.05) is 22.4 Å². The van der Waals surface area contributed by atoms with Crippen LogP contribution in [0.15, 0.2) is 30.3 Å². The lowest BCUT2D eigenvalue weighted by atomic mass is 9.76. The summed E-state index contributed by atoms with van der Waals surface area (Å²) in [6.45, 7) is 10.4. The maximum absolute atomic E-state index is 6.23. The Labute approximate surface area is 148 Å².